The Morgan fingerprint density at radius 2 is 1.81 bits per heavy atom. The first-order chi connectivity index (χ1) is 7.51. The van der Waals surface area contributed by atoms with Gasteiger partial charge in [0.25, 0.3) is 15.6 Å². The van der Waals surface area contributed by atoms with Crippen molar-refractivity contribution in [3.8, 4) is 0 Å². The average Bonchev–Trinajstić information content (AvgIpc) is 2.60. The third kappa shape index (κ3) is 1.61. The Hall–Kier alpha value is -2.02. The summed E-state index contributed by atoms with van der Waals surface area (Å²) in [6.07, 6.45) is 0. The summed E-state index contributed by atoms with van der Waals surface area (Å²) in [5.74, 6) is 0.00417. The summed E-state index contributed by atoms with van der Waals surface area (Å²) in [5.41, 5.74) is 4.61. The minimum atomic E-state index is -3.88. The first kappa shape index (κ1) is 10.5. The van der Waals surface area contributed by atoms with E-state index in [9.17, 15) is 13.2 Å². The molecule has 0 spiro atoms. The van der Waals surface area contributed by atoms with E-state index in [0.717, 1.165) is 6.07 Å². The van der Waals surface area contributed by atoms with Gasteiger partial charge in [0, 0.05) is 6.07 Å². The second-order valence-corrected chi connectivity index (χ2v) is 4.92. The molecule has 0 atom stereocenters. The van der Waals surface area contributed by atoms with E-state index in [1.54, 1.807) is 18.2 Å². The van der Waals surface area contributed by atoms with Gasteiger partial charge in [-0.1, -0.05) is 18.2 Å². The number of nitrogens with zero attached hydrogens (tertiary/aromatic N) is 1. The van der Waals surface area contributed by atoms with Crippen molar-refractivity contribution < 1.29 is 8.42 Å². The van der Waals surface area contributed by atoms with Gasteiger partial charge >= 0.3 is 0 Å². The number of H-pyrrole nitrogens is 1. The highest BCUT2D eigenvalue weighted by Crippen LogP contribution is 2.10. The molecular weight excluding hydrogens is 230 g/mol. The number of aromatic nitrogens is 2. The fourth-order valence-electron chi connectivity index (χ4n) is 1.27. The van der Waals surface area contributed by atoms with E-state index >= 15 is 0 Å². The van der Waals surface area contributed by atoms with Crippen molar-refractivity contribution >= 4 is 15.8 Å². The Balaban J connectivity index is 2.65. The second-order valence-electron chi connectivity index (χ2n) is 3.13. The van der Waals surface area contributed by atoms with Gasteiger partial charge in [0.1, 0.15) is 5.82 Å². The van der Waals surface area contributed by atoms with E-state index < -0.39 is 15.6 Å². The van der Waals surface area contributed by atoms with Gasteiger partial charge in [-0.3, -0.25) is 9.89 Å². The molecule has 6 nitrogen and oxygen atoms in total. The molecule has 0 fully saturated rings. The van der Waals surface area contributed by atoms with Crippen molar-refractivity contribution in [2.45, 2.75) is 4.90 Å². The summed E-state index contributed by atoms with van der Waals surface area (Å²) in [6, 6.07) is 8.65. The fraction of sp³-hybridized carbons (Fsp3) is 0. The maximum atomic E-state index is 11.9. The van der Waals surface area contributed by atoms with Crippen LogP contribution in [0.2, 0.25) is 0 Å². The SMILES string of the molecule is Nc1cc(=O)n(S(=O)(=O)c2ccccc2)[nH]1. The summed E-state index contributed by atoms with van der Waals surface area (Å²) in [6.45, 7) is 0. The highest BCUT2D eigenvalue weighted by atomic mass is 32.2. The Kier molecular flexibility index (Phi) is 2.31. The molecule has 0 amide bonds. The molecule has 0 bridgehead atoms. The van der Waals surface area contributed by atoms with Crippen LogP contribution < -0.4 is 11.3 Å². The van der Waals surface area contributed by atoms with E-state index in [4.69, 9.17) is 5.73 Å². The van der Waals surface area contributed by atoms with E-state index in [2.05, 4.69) is 5.10 Å². The molecule has 2 rings (SSSR count). The quantitative estimate of drug-likeness (QED) is 0.770. The zero-order valence-corrected chi connectivity index (χ0v) is 8.94. The lowest BCUT2D eigenvalue weighted by Gasteiger charge is -2.03. The van der Waals surface area contributed by atoms with Crippen LogP contribution in [-0.4, -0.2) is 17.6 Å². The van der Waals surface area contributed by atoms with Crippen molar-refractivity contribution in [2.75, 3.05) is 5.73 Å². The average molecular weight is 239 g/mol. The lowest BCUT2D eigenvalue weighted by molar-refractivity contribution is 0.578. The largest absolute Gasteiger partial charge is 0.384 e. The molecule has 2 aromatic rings. The van der Waals surface area contributed by atoms with Crippen LogP contribution in [-0.2, 0) is 10.0 Å². The van der Waals surface area contributed by atoms with Crippen LogP contribution in [0.25, 0.3) is 0 Å². The van der Waals surface area contributed by atoms with Crippen molar-refractivity contribution in [3.05, 3.63) is 46.8 Å². The number of hydrogen-bond donors (Lipinski definition) is 2. The molecule has 1 aromatic carbocycles. The Labute approximate surface area is 91.4 Å². The van der Waals surface area contributed by atoms with Crippen LogP contribution >= 0.6 is 0 Å². The number of nitrogens with one attached hydrogen (secondary N) is 1. The van der Waals surface area contributed by atoms with Crippen LogP contribution in [0.1, 0.15) is 0 Å². The molecule has 0 radical (unpaired) electrons. The van der Waals surface area contributed by atoms with Crippen LogP contribution in [0.4, 0.5) is 5.82 Å². The van der Waals surface area contributed by atoms with E-state index in [1.165, 1.54) is 12.1 Å². The number of aromatic amines is 1. The van der Waals surface area contributed by atoms with Crippen molar-refractivity contribution in [1.82, 2.24) is 9.19 Å². The topological polar surface area (TPSA) is 97.9 Å². The van der Waals surface area contributed by atoms with Gasteiger partial charge in [0.05, 0.1) is 4.90 Å². The summed E-state index contributed by atoms with van der Waals surface area (Å²) >= 11 is 0. The molecule has 84 valence electrons. The zero-order valence-electron chi connectivity index (χ0n) is 8.12. The van der Waals surface area contributed by atoms with E-state index in [-0.39, 0.29) is 10.7 Å². The Bertz CT molecular complexity index is 655. The minimum Gasteiger partial charge on any atom is -0.384 e. The molecule has 3 N–H and O–H groups in total. The van der Waals surface area contributed by atoms with Crippen molar-refractivity contribution in [3.63, 3.8) is 0 Å². The third-order valence-electron chi connectivity index (χ3n) is 1.99. The molecule has 1 heterocycles. The van der Waals surface area contributed by atoms with Gasteiger partial charge in [-0.25, -0.2) is 0 Å². The first-order valence-electron chi connectivity index (χ1n) is 4.40. The number of hydrogen-bond acceptors (Lipinski definition) is 4. The summed E-state index contributed by atoms with van der Waals surface area (Å²) in [4.78, 5) is 11.4. The minimum absolute atomic E-state index is 0.00417. The van der Waals surface area contributed by atoms with Gasteiger partial charge in [-0.15, -0.1) is 4.09 Å². The molecule has 7 heteroatoms. The van der Waals surface area contributed by atoms with Crippen LogP contribution in [0.3, 0.4) is 0 Å². The standard InChI is InChI=1S/C9H9N3O3S/c10-8-6-9(13)12(11-8)16(14,15)7-4-2-1-3-5-7/h1-6,11H,10H2. The van der Waals surface area contributed by atoms with Gasteiger partial charge in [-0.2, -0.15) is 8.42 Å². The summed E-state index contributed by atoms with van der Waals surface area (Å²) in [5, 5.41) is 2.28. The normalized spacial score (nSPS) is 11.5. The monoisotopic (exact) mass is 239 g/mol. The highest BCUT2D eigenvalue weighted by molar-refractivity contribution is 7.89. The molecular formula is C9H9N3O3S. The smallest absolute Gasteiger partial charge is 0.284 e. The second kappa shape index (κ2) is 3.53. The highest BCUT2D eigenvalue weighted by Gasteiger charge is 2.19. The van der Waals surface area contributed by atoms with Gasteiger partial charge in [0.2, 0.25) is 0 Å². The van der Waals surface area contributed by atoms with E-state index in [0.29, 0.717) is 4.09 Å². The van der Waals surface area contributed by atoms with Crippen LogP contribution in [0.15, 0.2) is 46.1 Å². The maximum absolute atomic E-state index is 11.9. The van der Waals surface area contributed by atoms with Crippen molar-refractivity contribution in [1.29, 1.82) is 0 Å². The first-order valence-corrected chi connectivity index (χ1v) is 5.84. The zero-order chi connectivity index (χ0) is 11.8. The fourth-order valence-corrected chi connectivity index (χ4v) is 2.50. The molecule has 0 aliphatic carbocycles. The van der Waals surface area contributed by atoms with Crippen molar-refractivity contribution in [2.24, 2.45) is 0 Å². The molecule has 0 unspecified atom stereocenters. The van der Waals surface area contributed by atoms with E-state index in [1.807, 2.05) is 0 Å². The number of rotatable bonds is 2. The molecule has 0 aliphatic heterocycles. The Morgan fingerprint density at radius 1 is 1.19 bits per heavy atom. The predicted molar refractivity (Wildman–Crippen MR) is 58.5 cm³/mol. The number of nitrogens with two attached hydrogens (primary N) is 1. The number of anilines is 1. The molecule has 16 heavy (non-hydrogen) atoms. The predicted octanol–water partition coefficient (Wildman–Crippen LogP) is -0.00440. The van der Waals surface area contributed by atoms with Crippen LogP contribution in [0.5, 0.6) is 0 Å². The lowest BCUT2D eigenvalue weighted by atomic mass is 10.4. The lowest BCUT2D eigenvalue weighted by Crippen LogP contribution is -2.25. The molecule has 0 saturated heterocycles. The maximum Gasteiger partial charge on any atom is 0.284 e. The third-order valence-corrected chi connectivity index (χ3v) is 3.61. The summed E-state index contributed by atoms with van der Waals surface area (Å²) < 4.78 is 24.4. The molecule has 0 saturated carbocycles. The van der Waals surface area contributed by atoms with Gasteiger partial charge in [-0.05, 0) is 12.1 Å². The summed E-state index contributed by atoms with van der Waals surface area (Å²) in [7, 11) is -3.88. The Morgan fingerprint density at radius 3 is 2.31 bits per heavy atom. The van der Waals surface area contributed by atoms with Gasteiger partial charge in [0.15, 0.2) is 0 Å². The number of benzene rings is 1. The molecule has 0 aliphatic rings. The molecule has 1 aromatic heterocycles. The number of nitrogen functional groups attached to an aromatic ring is 1. The van der Waals surface area contributed by atoms with Crippen LogP contribution in [0, 0.1) is 0 Å². The van der Waals surface area contributed by atoms with Gasteiger partial charge < -0.3 is 5.73 Å².